The van der Waals surface area contributed by atoms with Crippen LogP contribution < -0.4 is 10.2 Å². The first-order chi connectivity index (χ1) is 9.33. The predicted octanol–water partition coefficient (Wildman–Crippen LogP) is 2.97. The second kappa shape index (κ2) is 5.31. The monoisotopic (exact) mass is 280 g/mol. The Bertz CT molecular complexity index is 517. The highest BCUT2D eigenvalue weighted by Crippen LogP contribution is 2.40. The van der Waals surface area contributed by atoms with Gasteiger partial charge < -0.3 is 15.3 Å². The maximum absolute atomic E-state index is 13.4. The van der Waals surface area contributed by atoms with Crippen molar-refractivity contribution in [3.05, 3.63) is 29.6 Å². The van der Waals surface area contributed by atoms with E-state index < -0.39 is 6.09 Å². The molecule has 1 unspecified atom stereocenters. The molecular formula is C15H21FN2O2. The van der Waals surface area contributed by atoms with Crippen molar-refractivity contribution in [2.75, 3.05) is 18.0 Å². The molecule has 0 radical (unpaired) electrons. The molecule has 0 spiro atoms. The predicted molar refractivity (Wildman–Crippen MR) is 76.9 cm³/mol. The lowest BCUT2D eigenvalue weighted by molar-refractivity contribution is 0.189. The fourth-order valence-corrected chi connectivity index (χ4v) is 2.85. The van der Waals surface area contributed by atoms with Crippen LogP contribution in [0.1, 0.15) is 32.8 Å². The van der Waals surface area contributed by atoms with Crippen LogP contribution in [0.4, 0.5) is 14.9 Å². The second-order valence-corrected chi connectivity index (χ2v) is 5.98. The molecule has 0 fully saturated rings. The third-order valence-corrected chi connectivity index (χ3v) is 3.88. The summed E-state index contributed by atoms with van der Waals surface area (Å²) < 4.78 is 13.4. The summed E-state index contributed by atoms with van der Waals surface area (Å²) in [6.07, 6.45) is -0.283. The Morgan fingerprint density at radius 1 is 1.55 bits per heavy atom. The zero-order chi connectivity index (χ0) is 14.9. The number of hydrogen-bond donors (Lipinski definition) is 2. The zero-order valence-corrected chi connectivity index (χ0v) is 12.1. The van der Waals surface area contributed by atoms with E-state index >= 15 is 0 Å². The summed E-state index contributed by atoms with van der Waals surface area (Å²) in [5.74, 6) is -0.227. The number of nitrogens with one attached hydrogen (secondary N) is 1. The summed E-state index contributed by atoms with van der Waals surface area (Å²) in [4.78, 5) is 12.9. The van der Waals surface area contributed by atoms with Crippen molar-refractivity contribution in [3.8, 4) is 0 Å². The van der Waals surface area contributed by atoms with Gasteiger partial charge in [-0.15, -0.1) is 0 Å². The van der Waals surface area contributed by atoms with Crippen molar-refractivity contribution in [3.63, 3.8) is 0 Å². The van der Waals surface area contributed by atoms with Crippen LogP contribution in [0.5, 0.6) is 0 Å². The number of anilines is 1. The number of fused-ring (bicyclic) bond motifs is 1. The van der Waals surface area contributed by atoms with Gasteiger partial charge in [-0.2, -0.15) is 0 Å². The van der Waals surface area contributed by atoms with Gasteiger partial charge >= 0.3 is 6.09 Å². The minimum atomic E-state index is -1.00. The van der Waals surface area contributed by atoms with E-state index in [0.717, 1.165) is 24.2 Å². The fourth-order valence-electron chi connectivity index (χ4n) is 2.85. The molecule has 1 aromatic rings. The Morgan fingerprint density at radius 3 is 2.85 bits per heavy atom. The standard InChI is InChI=1S/C15H21FN2O2/c1-4-11(17-14(19)20)8-18-9-15(2,3)12-7-10(16)5-6-13(12)18/h5-7,11,17H,4,8-9H2,1-3H3,(H,19,20). The van der Waals surface area contributed by atoms with Crippen molar-refractivity contribution < 1.29 is 14.3 Å². The first kappa shape index (κ1) is 14.6. The van der Waals surface area contributed by atoms with Crippen molar-refractivity contribution in [1.29, 1.82) is 0 Å². The van der Waals surface area contributed by atoms with Crippen LogP contribution >= 0.6 is 0 Å². The van der Waals surface area contributed by atoms with E-state index in [1.165, 1.54) is 6.07 Å². The van der Waals surface area contributed by atoms with Crippen molar-refractivity contribution in [2.45, 2.75) is 38.6 Å². The number of carboxylic acid groups (broad SMARTS) is 1. The molecule has 1 atom stereocenters. The normalized spacial score (nSPS) is 17.7. The lowest BCUT2D eigenvalue weighted by Crippen LogP contribution is -2.43. The van der Waals surface area contributed by atoms with E-state index in [4.69, 9.17) is 5.11 Å². The van der Waals surface area contributed by atoms with Crippen LogP contribution in [0.25, 0.3) is 0 Å². The Balaban J connectivity index is 2.22. The molecule has 1 heterocycles. The van der Waals surface area contributed by atoms with Crippen molar-refractivity contribution in [1.82, 2.24) is 5.32 Å². The van der Waals surface area contributed by atoms with E-state index in [1.807, 2.05) is 6.92 Å². The van der Waals surface area contributed by atoms with Crippen molar-refractivity contribution >= 4 is 11.8 Å². The minimum Gasteiger partial charge on any atom is -0.465 e. The molecule has 2 rings (SSSR count). The lowest BCUT2D eigenvalue weighted by Gasteiger charge is -2.26. The van der Waals surface area contributed by atoms with Crippen LogP contribution in [-0.2, 0) is 5.41 Å². The Kier molecular flexibility index (Phi) is 3.88. The van der Waals surface area contributed by atoms with E-state index in [0.29, 0.717) is 6.54 Å². The second-order valence-electron chi connectivity index (χ2n) is 5.98. The summed E-state index contributed by atoms with van der Waals surface area (Å²) in [5, 5.41) is 11.4. The number of halogens is 1. The van der Waals surface area contributed by atoms with Gasteiger partial charge in [-0.1, -0.05) is 20.8 Å². The van der Waals surface area contributed by atoms with E-state index in [9.17, 15) is 9.18 Å². The molecule has 1 aromatic carbocycles. The molecule has 0 saturated carbocycles. The molecule has 5 heteroatoms. The van der Waals surface area contributed by atoms with Crippen LogP contribution in [0.3, 0.4) is 0 Å². The largest absolute Gasteiger partial charge is 0.465 e. The Labute approximate surface area is 118 Å². The van der Waals surface area contributed by atoms with Crippen LogP contribution in [-0.4, -0.2) is 30.3 Å². The molecule has 1 amide bonds. The zero-order valence-electron chi connectivity index (χ0n) is 12.1. The van der Waals surface area contributed by atoms with Crippen LogP contribution in [0, 0.1) is 5.82 Å². The highest BCUT2D eigenvalue weighted by Gasteiger charge is 2.36. The fraction of sp³-hybridized carbons (Fsp3) is 0.533. The SMILES string of the molecule is CCC(CN1CC(C)(C)c2cc(F)ccc21)NC(=O)O. The van der Waals surface area contributed by atoms with Gasteiger partial charge in [0.25, 0.3) is 0 Å². The first-order valence-corrected chi connectivity index (χ1v) is 6.88. The summed E-state index contributed by atoms with van der Waals surface area (Å²) in [6, 6.07) is 4.70. The number of benzene rings is 1. The summed E-state index contributed by atoms with van der Waals surface area (Å²) in [6.45, 7) is 7.48. The van der Waals surface area contributed by atoms with Gasteiger partial charge in [0.05, 0.1) is 0 Å². The maximum atomic E-state index is 13.4. The van der Waals surface area contributed by atoms with Crippen LogP contribution in [0.15, 0.2) is 18.2 Å². The highest BCUT2D eigenvalue weighted by molar-refractivity contribution is 5.66. The van der Waals surface area contributed by atoms with E-state index in [1.54, 1.807) is 12.1 Å². The highest BCUT2D eigenvalue weighted by atomic mass is 19.1. The number of amides is 1. The van der Waals surface area contributed by atoms with Crippen LogP contribution in [0.2, 0.25) is 0 Å². The van der Waals surface area contributed by atoms with Gasteiger partial charge in [0.15, 0.2) is 0 Å². The Hall–Kier alpha value is -1.78. The molecule has 2 N–H and O–H groups in total. The average molecular weight is 280 g/mol. The molecule has 20 heavy (non-hydrogen) atoms. The molecule has 1 aliphatic rings. The van der Waals surface area contributed by atoms with Crippen molar-refractivity contribution in [2.24, 2.45) is 0 Å². The van der Waals surface area contributed by atoms with E-state index in [2.05, 4.69) is 24.1 Å². The maximum Gasteiger partial charge on any atom is 0.404 e. The van der Waals surface area contributed by atoms with Gasteiger partial charge in [0, 0.05) is 30.2 Å². The minimum absolute atomic E-state index is 0.126. The molecule has 0 bridgehead atoms. The number of hydrogen-bond acceptors (Lipinski definition) is 2. The number of carbonyl (C=O) groups is 1. The number of rotatable bonds is 4. The summed E-state index contributed by atoms with van der Waals surface area (Å²) >= 11 is 0. The van der Waals surface area contributed by atoms with Gasteiger partial charge in [-0.05, 0) is 30.2 Å². The van der Waals surface area contributed by atoms with Gasteiger partial charge in [-0.25, -0.2) is 9.18 Å². The average Bonchev–Trinajstić information content (AvgIpc) is 2.59. The summed E-state index contributed by atoms with van der Waals surface area (Å²) in [7, 11) is 0. The molecular weight excluding hydrogens is 259 g/mol. The van der Waals surface area contributed by atoms with E-state index in [-0.39, 0.29) is 17.3 Å². The molecule has 0 aliphatic carbocycles. The topological polar surface area (TPSA) is 52.6 Å². The molecule has 0 aromatic heterocycles. The molecule has 0 saturated heterocycles. The third kappa shape index (κ3) is 2.86. The Morgan fingerprint density at radius 2 is 2.25 bits per heavy atom. The van der Waals surface area contributed by atoms with Gasteiger partial charge in [0.2, 0.25) is 0 Å². The summed E-state index contributed by atoms with van der Waals surface area (Å²) in [5.41, 5.74) is 1.86. The third-order valence-electron chi connectivity index (χ3n) is 3.88. The molecule has 4 nitrogen and oxygen atoms in total. The van der Waals surface area contributed by atoms with Gasteiger partial charge in [-0.3, -0.25) is 0 Å². The first-order valence-electron chi connectivity index (χ1n) is 6.88. The van der Waals surface area contributed by atoms with Gasteiger partial charge in [0.1, 0.15) is 5.82 Å². The lowest BCUT2D eigenvalue weighted by atomic mass is 9.87. The molecule has 110 valence electrons. The molecule has 1 aliphatic heterocycles. The quantitative estimate of drug-likeness (QED) is 0.891. The smallest absolute Gasteiger partial charge is 0.404 e. The number of nitrogens with zero attached hydrogens (tertiary/aromatic N) is 1.